The van der Waals surface area contributed by atoms with Gasteiger partial charge in [0.05, 0.1) is 6.54 Å². The fraction of sp³-hybridized carbons (Fsp3) is 0.400. The van der Waals surface area contributed by atoms with Crippen molar-refractivity contribution in [2.45, 2.75) is 25.4 Å². The fourth-order valence-corrected chi connectivity index (χ4v) is 2.54. The number of aromatic nitrogens is 2. The lowest BCUT2D eigenvalue weighted by Gasteiger charge is -2.24. The van der Waals surface area contributed by atoms with Crippen molar-refractivity contribution >= 4 is 5.69 Å². The van der Waals surface area contributed by atoms with Crippen molar-refractivity contribution in [1.82, 2.24) is 15.1 Å². The summed E-state index contributed by atoms with van der Waals surface area (Å²) in [5.41, 5.74) is 2.50. The molecule has 4 nitrogen and oxygen atoms in total. The standard InChI is InChI=1S/C15H20N4/c1-3-13(12-19-10-2-7-17-19)11-15(4-1)18-14-5-8-16-9-6-14/h1-4,7,10-11,14,16,18H,5-6,8-9,12H2. The van der Waals surface area contributed by atoms with Crippen LogP contribution in [-0.2, 0) is 6.54 Å². The summed E-state index contributed by atoms with van der Waals surface area (Å²) >= 11 is 0. The summed E-state index contributed by atoms with van der Waals surface area (Å²) in [5.74, 6) is 0. The molecule has 1 aromatic carbocycles. The maximum atomic E-state index is 4.24. The Hall–Kier alpha value is -1.81. The van der Waals surface area contributed by atoms with Crippen LogP contribution in [0.3, 0.4) is 0 Å². The summed E-state index contributed by atoms with van der Waals surface area (Å²) in [4.78, 5) is 0. The lowest BCUT2D eigenvalue weighted by Crippen LogP contribution is -2.35. The van der Waals surface area contributed by atoms with E-state index in [9.17, 15) is 0 Å². The largest absolute Gasteiger partial charge is 0.382 e. The lowest BCUT2D eigenvalue weighted by molar-refractivity contribution is 0.479. The number of nitrogens with one attached hydrogen (secondary N) is 2. The van der Waals surface area contributed by atoms with Gasteiger partial charge < -0.3 is 10.6 Å². The van der Waals surface area contributed by atoms with Gasteiger partial charge in [-0.3, -0.25) is 4.68 Å². The molecule has 0 atom stereocenters. The van der Waals surface area contributed by atoms with E-state index >= 15 is 0 Å². The Labute approximate surface area is 113 Å². The van der Waals surface area contributed by atoms with E-state index < -0.39 is 0 Å². The lowest BCUT2D eigenvalue weighted by atomic mass is 10.1. The molecule has 0 radical (unpaired) electrons. The van der Waals surface area contributed by atoms with Gasteiger partial charge in [-0.05, 0) is 49.7 Å². The van der Waals surface area contributed by atoms with Crippen LogP contribution in [0.4, 0.5) is 5.69 Å². The number of rotatable bonds is 4. The molecule has 0 aliphatic carbocycles. The second kappa shape index (κ2) is 5.89. The van der Waals surface area contributed by atoms with Gasteiger partial charge in [-0.25, -0.2) is 0 Å². The summed E-state index contributed by atoms with van der Waals surface area (Å²) in [7, 11) is 0. The van der Waals surface area contributed by atoms with Gasteiger partial charge in [0.25, 0.3) is 0 Å². The molecule has 0 bridgehead atoms. The van der Waals surface area contributed by atoms with Crippen molar-refractivity contribution in [3.63, 3.8) is 0 Å². The first-order valence-electron chi connectivity index (χ1n) is 6.94. The van der Waals surface area contributed by atoms with Crippen LogP contribution < -0.4 is 10.6 Å². The van der Waals surface area contributed by atoms with E-state index in [2.05, 4.69) is 40.0 Å². The van der Waals surface area contributed by atoms with E-state index in [1.165, 1.54) is 24.1 Å². The molecular weight excluding hydrogens is 236 g/mol. The average molecular weight is 256 g/mol. The van der Waals surface area contributed by atoms with Crippen LogP contribution in [0.2, 0.25) is 0 Å². The Bertz CT molecular complexity index is 501. The van der Waals surface area contributed by atoms with Gasteiger partial charge >= 0.3 is 0 Å². The van der Waals surface area contributed by atoms with Crippen molar-refractivity contribution in [2.75, 3.05) is 18.4 Å². The molecule has 1 aliphatic rings. The summed E-state index contributed by atoms with van der Waals surface area (Å²) < 4.78 is 1.95. The van der Waals surface area contributed by atoms with Gasteiger partial charge in [0, 0.05) is 24.1 Å². The first-order valence-corrected chi connectivity index (χ1v) is 6.94. The molecular formula is C15H20N4. The summed E-state index contributed by atoms with van der Waals surface area (Å²) in [6.07, 6.45) is 6.21. The number of hydrogen-bond acceptors (Lipinski definition) is 3. The Balaban J connectivity index is 1.65. The Morgan fingerprint density at radius 1 is 1.26 bits per heavy atom. The van der Waals surface area contributed by atoms with Gasteiger partial charge in [-0.2, -0.15) is 5.10 Å². The number of hydrogen-bond donors (Lipinski definition) is 2. The van der Waals surface area contributed by atoms with Crippen molar-refractivity contribution in [2.24, 2.45) is 0 Å². The maximum absolute atomic E-state index is 4.24. The molecule has 1 aliphatic heterocycles. The smallest absolute Gasteiger partial charge is 0.0660 e. The molecule has 2 heterocycles. The molecule has 2 aromatic rings. The predicted octanol–water partition coefficient (Wildman–Crippen LogP) is 2.10. The molecule has 1 saturated heterocycles. The van der Waals surface area contributed by atoms with Gasteiger partial charge in [0.1, 0.15) is 0 Å². The average Bonchev–Trinajstić information content (AvgIpc) is 2.93. The number of anilines is 1. The van der Waals surface area contributed by atoms with Crippen LogP contribution >= 0.6 is 0 Å². The van der Waals surface area contributed by atoms with E-state index in [0.29, 0.717) is 6.04 Å². The molecule has 0 saturated carbocycles. The summed E-state index contributed by atoms with van der Waals surface area (Å²) in [6, 6.07) is 11.2. The van der Waals surface area contributed by atoms with E-state index in [1.807, 2.05) is 23.1 Å². The predicted molar refractivity (Wildman–Crippen MR) is 77.3 cm³/mol. The highest BCUT2D eigenvalue weighted by molar-refractivity contribution is 5.46. The zero-order valence-corrected chi connectivity index (χ0v) is 11.0. The van der Waals surface area contributed by atoms with Gasteiger partial charge in [0.15, 0.2) is 0 Å². The van der Waals surface area contributed by atoms with E-state index in [1.54, 1.807) is 0 Å². The highest BCUT2D eigenvalue weighted by atomic mass is 15.3. The molecule has 0 spiro atoms. The van der Waals surface area contributed by atoms with Crippen LogP contribution in [0, 0.1) is 0 Å². The third-order valence-corrected chi connectivity index (χ3v) is 3.54. The quantitative estimate of drug-likeness (QED) is 0.880. The van der Waals surface area contributed by atoms with Crippen molar-refractivity contribution < 1.29 is 0 Å². The van der Waals surface area contributed by atoms with E-state index in [4.69, 9.17) is 0 Å². The molecule has 1 aromatic heterocycles. The zero-order valence-electron chi connectivity index (χ0n) is 11.0. The molecule has 3 rings (SSSR count). The van der Waals surface area contributed by atoms with Crippen LogP contribution in [-0.4, -0.2) is 28.9 Å². The Morgan fingerprint density at radius 2 is 2.16 bits per heavy atom. The van der Waals surface area contributed by atoms with Gasteiger partial charge in [0.2, 0.25) is 0 Å². The molecule has 100 valence electrons. The highest BCUT2D eigenvalue weighted by Crippen LogP contribution is 2.15. The van der Waals surface area contributed by atoms with Crippen LogP contribution in [0.25, 0.3) is 0 Å². The van der Waals surface area contributed by atoms with Crippen LogP contribution in [0.1, 0.15) is 18.4 Å². The van der Waals surface area contributed by atoms with Crippen LogP contribution in [0.15, 0.2) is 42.7 Å². The monoisotopic (exact) mass is 256 g/mol. The molecule has 2 N–H and O–H groups in total. The molecule has 1 fully saturated rings. The third kappa shape index (κ3) is 3.35. The number of benzene rings is 1. The van der Waals surface area contributed by atoms with E-state index in [0.717, 1.165) is 19.6 Å². The normalized spacial score (nSPS) is 16.4. The van der Waals surface area contributed by atoms with Gasteiger partial charge in [-0.15, -0.1) is 0 Å². The van der Waals surface area contributed by atoms with Crippen molar-refractivity contribution in [1.29, 1.82) is 0 Å². The fourth-order valence-electron chi connectivity index (χ4n) is 2.54. The first kappa shape index (κ1) is 12.2. The van der Waals surface area contributed by atoms with Crippen molar-refractivity contribution in [3.05, 3.63) is 48.3 Å². The zero-order chi connectivity index (χ0) is 12.9. The van der Waals surface area contributed by atoms with Crippen molar-refractivity contribution in [3.8, 4) is 0 Å². The van der Waals surface area contributed by atoms with Gasteiger partial charge in [-0.1, -0.05) is 12.1 Å². The third-order valence-electron chi connectivity index (χ3n) is 3.54. The second-order valence-corrected chi connectivity index (χ2v) is 5.07. The second-order valence-electron chi connectivity index (χ2n) is 5.07. The Kier molecular flexibility index (Phi) is 3.79. The first-order chi connectivity index (χ1) is 9.40. The molecule has 4 heteroatoms. The summed E-state index contributed by atoms with van der Waals surface area (Å²) in [5, 5.41) is 11.3. The molecule has 19 heavy (non-hydrogen) atoms. The number of nitrogens with zero attached hydrogens (tertiary/aromatic N) is 2. The minimum absolute atomic E-state index is 0.598. The highest BCUT2D eigenvalue weighted by Gasteiger charge is 2.12. The van der Waals surface area contributed by atoms with E-state index in [-0.39, 0.29) is 0 Å². The molecule has 0 unspecified atom stereocenters. The maximum Gasteiger partial charge on any atom is 0.0660 e. The minimum atomic E-state index is 0.598. The summed E-state index contributed by atoms with van der Waals surface area (Å²) in [6.45, 7) is 3.06. The topological polar surface area (TPSA) is 41.9 Å². The number of piperidine rings is 1. The molecule has 0 amide bonds. The minimum Gasteiger partial charge on any atom is -0.382 e. The van der Waals surface area contributed by atoms with Crippen LogP contribution in [0.5, 0.6) is 0 Å². The Morgan fingerprint density at radius 3 is 2.95 bits per heavy atom. The SMILES string of the molecule is c1cc(Cn2cccn2)cc(NC2CCNCC2)c1.